The number of aliphatic hydroxyl groups is 1. The van der Waals surface area contributed by atoms with Crippen molar-refractivity contribution in [3.63, 3.8) is 0 Å². The monoisotopic (exact) mass is 269 g/mol. The van der Waals surface area contributed by atoms with Gasteiger partial charge in [-0.2, -0.15) is 0 Å². The number of amides is 1. The summed E-state index contributed by atoms with van der Waals surface area (Å²) in [6, 6.07) is 3.86. The normalized spacial score (nSPS) is 12.0. The highest BCUT2D eigenvalue weighted by Crippen LogP contribution is 2.25. The highest BCUT2D eigenvalue weighted by atomic mass is 19.1. The van der Waals surface area contributed by atoms with Crippen molar-refractivity contribution in [2.75, 3.05) is 13.2 Å². The van der Waals surface area contributed by atoms with Gasteiger partial charge in [-0.1, -0.05) is 13.3 Å². The topological polar surface area (TPSA) is 58.6 Å². The number of unbranched alkanes of at least 4 members (excludes halogenated alkanes) is 1. The van der Waals surface area contributed by atoms with Crippen molar-refractivity contribution in [2.45, 2.75) is 32.8 Å². The number of rotatable bonds is 7. The molecule has 1 aromatic rings. The van der Waals surface area contributed by atoms with E-state index >= 15 is 0 Å². The maximum Gasteiger partial charge on any atom is 0.257 e. The Kier molecular flexibility index (Phi) is 6.29. The van der Waals surface area contributed by atoms with Gasteiger partial charge in [0.05, 0.1) is 6.10 Å². The Labute approximate surface area is 112 Å². The first-order valence-electron chi connectivity index (χ1n) is 6.41. The van der Waals surface area contributed by atoms with Crippen LogP contribution in [-0.4, -0.2) is 24.2 Å². The van der Waals surface area contributed by atoms with Gasteiger partial charge in [-0.05, 0) is 25.5 Å². The molecule has 0 saturated carbocycles. The predicted molar refractivity (Wildman–Crippen MR) is 70.4 cm³/mol. The lowest BCUT2D eigenvalue weighted by molar-refractivity contribution is -0.123. The largest absolute Gasteiger partial charge is 0.483 e. The molecule has 1 aromatic carbocycles. The quantitative estimate of drug-likeness (QED) is 0.746. The smallest absolute Gasteiger partial charge is 0.257 e. The second-order valence-corrected chi connectivity index (χ2v) is 4.35. The van der Waals surface area contributed by atoms with Crippen molar-refractivity contribution in [2.24, 2.45) is 0 Å². The van der Waals surface area contributed by atoms with Gasteiger partial charge in [-0.15, -0.1) is 0 Å². The highest BCUT2D eigenvalue weighted by molar-refractivity contribution is 5.77. The third-order valence-electron chi connectivity index (χ3n) is 2.64. The molecule has 0 spiro atoms. The summed E-state index contributed by atoms with van der Waals surface area (Å²) in [7, 11) is 0. The number of carbonyl (C=O) groups excluding carboxylic acids is 1. The summed E-state index contributed by atoms with van der Waals surface area (Å²) < 4.78 is 18.4. The maximum absolute atomic E-state index is 13.1. The minimum atomic E-state index is -0.779. The molecule has 0 aromatic heterocycles. The molecule has 0 unspecified atom stereocenters. The fourth-order valence-corrected chi connectivity index (χ4v) is 1.58. The minimum Gasteiger partial charge on any atom is -0.483 e. The van der Waals surface area contributed by atoms with Gasteiger partial charge in [0.1, 0.15) is 11.6 Å². The van der Waals surface area contributed by atoms with Crippen LogP contribution < -0.4 is 10.1 Å². The van der Waals surface area contributed by atoms with E-state index in [1.165, 1.54) is 18.2 Å². The van der Waals surface area contributed by atoms with Crippen molar-refractivity contribution in [3.8, 4) is 5.75 Å². The SMILES string of the molecule is CCCCNC(=O)COc1cc(F)ccc1[C@H](C)O. The number of hydrogen-bond acceptors (Lipinski definition) is 3. The van der Waals surface area contributed by atoms with Gasteiger partial charge in [0.25, 0.3) is 5.91 Å². The Morgan fingerprint density at radius 2 is 2.26 bits per heavy atom. The summed E-state index contributed by atoms with van der Waals surface area (Å²) in [6.07, 6.45) is 1.13. The van der Waals surface area contributed by atoms with Gasteiger partial charge >= 0.3 is 0 Å². The third-order valence-corrected chi connectivity index (χ3v) is 2.64. The fraction of sp³-hybridized carbons (Fsp3) is 0.500. The Hall–Kier alpha value is -1.62. The Morgan fingerprint density at radius 3 is 2.89 bits per heavy atom. The van der Waals surface area contributed by atoms with Gasteiger partial charge in [0, 0.05) is 18.2 Å². The first-order chi connectivity index (χ1) is 9.04. The van der Waals surface area contributed by atoms with Crippen LogP contribution >= 0.6 is 0 Å². The third kappa shape index (κ3) is 5.26. The van der Waals surface area contributed by atoms with E-state index in [2.05, 4.69) is 5.32 Å². The summed E-state index contributed by atoms with van der Waals surface area (Å²) in [4.78, 5) is 11.5. The van der Waals surface area contributed by atoms with Gasteiger partial charge in [-0.25, -0.2) is 4.39 Å². The molecule has 0 radical (unpaired) electrons. The van der Waals surface area contributed by atoms with Crippen LogP contribution in [0.15, 0.2) is 18.2 Å². The van der Waals surface area contributed by atoms with E-state index < -0.39 is 11.9 Å². The Bertz CT molecular complexity index is 421. The van der Waals surface area contributed by atoms with Crippen LogP contribution in [0, 0.1) is 5.82 Å². The van der Waals surface area contributed by atoms with E-state index in [-0.39, 0.29) is 18.3 Å². The number of halogens is 1. The van der Waals surface area contributed by atoms with Crippen molar-refractivity contribution in [1.82, 2.24) is 5.32 Å². The van der Waals surface area contributed by atoms with Crippen molar-refractivity contribution in [1.29, 1.82) is 0 Å². The van der Waals surface area contributed by atoms with E-state index in [1.807, 2.05) is 6.92 Å². The van der Waals surface area contributed by atoms with Crippen LogP contribution in [-0.2, 0) is 4.79 Å². The Morgan fingerprint density at radius 1 is 1.53 bits per heavy atom. The number of ether oxygens (including phenoxy) is 1. The number of hydrogen-bond donors (Lipinski definition) is 2. The summed E-state index contributed by atoms with van der Waals surface area (Å²) >= 11 is 0. The lowest BCUT2D eigenvalue weighted by Gasteiger charge is -2.13. The summed E-state index contributed by atoms with van der Waals surface area (Å²) in [5, 5.41) is 12.2. The number of aliphatic hydroxyl groups excluding tert-OH is 1. The second kappa shape index (κ2) is 7.74. The molecule has 5 heteroatoms. The number of nitrogens with one attached hydrogen (secondary N) is 1. The van der Waals surface area contributed by atoms with Gasteiger partial charge < -0.3 is 15.2 Å². The van der Waals surface area contributed by atoms with E-state index in [1.54, 1.807) is 6.92 Å². The van der Waals surface area contributed by atoms with Crippen LogP contribution in [0.3, 0.4) is 0 Å². The van der Waals surface area contributed by atoms with Gasteiger partial charge in [0.15, 0.2) is 6.61 Å². The van der Waals surface area contributed by atoms with Gasteiger partial charge in [-0.3, -0.25) is 4.79 Å². The zero-order valence-electron chi connectivity index (χ0n) is 11.3. The summed E-state index contributed by atoms with van der Waals surface area (Å²) in [5.74, 6) is -0.527. The molecule has 1 rings (SSSR count). The lowest BCUT2D eigenvalue weighted by atomic mass is 10.1. The zero-order chi connectivity index (χ0) is 14.3. The van der Waals surface area contributed by atoms with Gasteiger partial charge in [0.2, 0.25) is 0 Å². The Balaban J connectivity index is 2.56. The molecule has 0 aliphatic heterocycles. The molecule has 4 nitrogen and oxygen atoms in total. The zero-order valence-corrected chi connectivity index (χ0v) is 11.3. The van der Waals surface area contributed by atoms with Crippen LogP contribution in [0.25, 0.3) is 0 Å². The maximum atomic E-state index is 13.1. The van der Waals surface area contributed by atoms with Crippen molar-refractivity contribution in [3.05, 3.63) is 29.6 Å². The molecular formula is C14H20FNO3. The molecule has 0 saturated heterocycles. The summed E-state index contributed by atoms with van der Waals surface area (Å²) in [5.41, 5.74) is 0.461. The molecule has 0 heterocycles. The van der Waals surface area contributed by atoms with E-state index in [9.17, 15) is 14.3 Å². The fourth-order valence-electron chi connectivity index (χ4n) is 1.58. The molecular weight excluding hydrogens is 249 g/mol. The lowest BCUT2D eigenvalue weighted by Crippen LogP contribution is -2.29. The molecule has 106 valence electrons. The first-order valence-corrected chi connectivity index (χ1v) is 6.41. The average Bonchev–Trinajstić information content (AvgIpc) is 2.36. The first kappa shape index (κ1) is 15.4. The van der Waals surface area contributed by atoms with Crippen LogP contribution in [0.2, 0.25) is 0 Å². The standard InChI is InChI=1S/C14H20FNO3/c1-3-4-7-16-14(18)9-19-13-8-11(15)5-6-12(13)10(2)17/h5-6,8,10,17H,3-4,7,9H2,1-2H3,(H,16,18)/t10-/m0/s1. The minimum absolute atomic E-state index is 0.188. The number of carbonyl (C=O) groups is 1. The second-order valence-electron chi connectivity index (χ2n) is 4.35. The predicted octanol–water partition coefficient (Wildman–Crippen LogP) is 2.17. The molecule has 1 atom stereocenters. The molecule has 0 fully saturated rings. The summed E-state index contributed by atoms with van der Waals surface area (Å²) in [6.45, 7) is 4.00. The molecule has 2 N–H and O–H groups in total. The van der Waals surface area contributed by atoms with Crippen molar-refractivity contribution >= 4 is 5.91 Å². The number of benzene rings is 1. The molecule has 19 heavy (non-hydrogen) atoms. The van der Waals surface area contributed by atoms with E-state index in [0.717, 1.165) is 12.8 Å². The van der Waals surface area contributed by atoms with E-state index in [4.69, 9.17) is 4.74 Å². The molecule has 1 amide bonds. The van der Waals surface area contributed by atoms with Crippen LogP contribution in [0.4, 0.5) is 4.39 Å². The average molecular weight is 269 g/mol. The van der Waals surface area contributed by atoms with Crippen molar-refractivity contribution < 1.29 is 19.0 Å². The highest BCUT2D eigenvalue weighted by Gasteiger charge is 2.11. The molecule has 0 aliphatic carbocycles. The van der Waals surface area contributed by atoms with Crippen LogP contribution in [0.1, 0.15) is 38.4 Å². The molecule has 0 aliphatic rings. The van der Waals surface area contributed by atoms with E-state index in [0.29, 0.717) is 12.1 Å². The molecule has 0 bridgehead atoms. The van der Waals surface area contributed by atoms with Crippen LogP contribution in [0.5, 0.6) is 5.75 Å².